The number of nitrogens with one attached hydrogen (secondary N) is 3. The Kier molecular flexibility index (Phi) is 7.58. The highest BCUT2D eigenvalue weighted by Crippen LogP contribution is 2.34. The predicted octanol–water partition coefficient (Wildman–Crippen LogP) is 4.47. The van der Waals surface area contributed by atoms with Crippen LogP contribution < -0.4 is 16.2 Å². The maximum atomic E-state index is 9.14. The number of benzene rings is 2. The van der Waals surface area contributed by atoms with Crippen LogP contribution in [-0.2, 0) is 4.74 Å². The first-order valence-corrected chi connectivity index (χ1v) is 10.7. The summed E-state index contributed by atoms with van der Waals surface area (Å²) in [6, 6.07) is 16.4. The SMILES string of the molecule is C=C/C=C(\NNc1c(C(=C)OC)cccc1-c1ccc(C#N)cc1)N1C[C@@H](C)N[C@@H](C)C1. The minimum absolute atomic E-state index is 0.378. The minimum atomic E-state index is 0.378. The lowest BCUT2D eigenvalue weighted by Gasteiger charge is -2.39. The van der Waals surface area contributed by atoms with Crippen LogP contribution >= 0.6 is 0 Å². The second-order valence-corrected chi connectivity index (χ2v) is 7.96. The number of para-hydroxylation sites is 1. The number of allylic oxidation sites excluding steroid dienone is 2. The second-order valence-electron chi connectivity index (χ2n) is 7.96. The zero-order valence-electron chi connectivity index (χ0n) is 19.0. The summed E-state index contributed by atoms with van der Waals surface area (Å²) in [5.41, 5.74) is 11.1. The Bertz CT molecular complexity index is 1030. The van der Waals surface area contributed by atoms with Crippen molar-refractivity contribution in [1.82, 2.24) is 15.6 Å². The van der Waals surface area contributed by atoms with E-state index in [1.165, 1.54) is 0 Å². The third kappa shape index (κ3) is 5.32. The largest absolute Gasteiger partial charge is 0.497 e. The van der Waals surface area contributed by atoms with Gasteiger partial charge < -0.3 is 15.0 Å². The monoisotopic (exact) mass is 429 g/mol. The summed E-state index contributed by atoms with van der Waals surface area (Å²) in [6.07, 6.45) is 3.75. The molecule has 1 aliphatic heterocycles. The molecule has 1 saturated heterocycles. The van der Waals surface area contributed by atoms with Crippen molar-refractivity contribution in [3.05, 3.63) is 84.7 Å². The van der Waals surface area contributed by atoms with Crippen LogP contribution in [0.4, 0.5) is 5.69 Å². The molecule has 3 N–H and O–H groups in total. The summed E-state index contributed by atoms with van der Waals surface area (Å²) >= 11 is 0. The number of nitriles is 1. The summed E-state index contributed by atoms with van der Waals surface area (Å²) in [6.45, 7) is 14.1. The fourth-order valence-electron chi connectivity index (χ4n) is 3.98. The fraction of sp³-hybridized carbons (Fsp3) is 0.269. The third-order valence-corrected chi connectivity index (χ3v) is 5.43. The molecular weight excluding hydrogens is 398 g/mol. The van der Waals surface area contributed by atoms with E-state index in [0.717, 1.165) is 41.3 Å². The third-order valence-electron chi connectivity index (χ3n) is 5.43. The second kappa shape index (κ2) is 10.6. The minimum Gasteiger partial charge on any atom is -0.497 e. The van der Waals surface area contributed by atoms with Gasteiger partial charge in [0.15, 0.2) is 0 Å². The molecule has 0 aromatic heterocycles. The van der Waals surface area contributed by atoms with Gasteiger partial charge in [0, 0.05) is 36.3 Å². The molecule has 1 heterocycles. The van der Waals surface area contributed by atoms with Crippen molar-refractivity contribution in [2.24, 2.45) is 0 Å². The van der Waals surface area contributed by atoms with Crippen LogP contribution in [0.3, 0.4) is 0 Å². The van der Waals surface area contributed by atoms with Crippen molar-refractivity contribution in [3.8, 4) is 17.2 Å². The Morgan fingerprint density at radius 2 is 1.88 bits per heavy atom. The molecule has 0 radical (unpaired) electrons. The van der Waals surface area contributed by atoms with E-state index in [4.69, 9.17) is 10.00 Å². The van der Waals surface area contributed by atoms with Gasteiger partial charge in [-0.1, -0.05) is 43.5 Å². The molecule has 3 rings (SSSR count). The average Bonchev–Trinajstić information content (AvgIpc) is 2.80. The highest BCUT2D eigenvalue weighted by molar-refractivity contribution is 5.86. The molecule has 0 bridgehead atoms. The maximum absolute atomic E-state index is 9.14. The van der Waals surface area contributed by atoms with Crippen LogP contribution in [0.2, 0.25) is 0 Å². The zero-order valence-corrected chi connectivity index (χ0v) is 19.0. The molecule has 2 aromatic rings. The Morgan fingerprint density at radius 3 is 2.47 bits per heavy atom. The molecular formula is C26H31N5O. The van der Waals surface area contributed by atoms with Crippen molar-refractivity contribution >= 4 is 11.4 Å². The van der Waals surface area contributed by atoms with Crippen LogP contribution in [0.5, 0.6) is 0 Å². The normalized spacial score (nSPS) is 18.4. The smallest absolute Gasteiger partial charge is 0.121 e. The van der Waals surface area contributed by atoms with Crippen LogP contribution in [0.25, 0.3) is 16.9 Å². The Labute approximate surface area is 190 Å². The van der Waals surface area contributed by atoms with E-state index in [9.17, 15) is 0 Å². The molecule has 2 aromatic carbocycles. The number of anilines is 1. The Balaban J connectivity index is 1.95. The molecule has 6 nitrogen and oxygen atoms in total. The topological polar surface area (TPSA) is 72.3 Å². The number of hydrogen-bond donors (Lipinski definition) is 3. The van der Waals surface area contributed by atoms with E-state index in [1.807, 2.05) is 48.5 Å². The summed E-state index contributed by atoms with van der Waals surface area (Å²) in [5.74, 6) is 1.49. The number of hydrazine groups is 1. The van der Waals surface area contributed by atoms with Gasteiger partial charge in [-0.15, -0.1) is 0 Å². The lowest BCUT2D eigenvalue weighted by Crippen LogP contribution is -2.55. The lowest BCUT2D eigenvalue weighted by atomic mass is 9.98. The molecule has 0 saturated carbocycles. The van der Waals surface area contributed by atoms with Gasteiger partial charge in [-0.25, -0.2) is 0 Å². The van der Waals surface area contributed by atoms with Gasteiger partial charge >= 0.3 is 0 Å². The van der Waals surface area contributed by atoms with E-state index in [-0.39, 0.29) is 0 Å². The number of hydrogen-bond acceptors (Lipinski definition) is 6. The standard InChI is InChI=1S/C26H31N5O/c1-6-8-25(31-16-18(2)28-19(3)17-31)29-30-26-23(20(4)32-5)9-7-10-24(26)22-13-11-21(15-27)12-14-22/h6-14,18-19,28-30H,1,4,16-17H2,2-3,5H3/b25-8+/t18-,19+. The van der Waals surface area contributed by atoms with Crippen LogP contribution in [-0.4, -0.2) is 37.2 Å². The van der Waals surface area contributed by atoms with Gasteiger partial charge in [0.2, 0.25) is 0 Å². The average molecular weight is 430 g/mol. The molecule has 0 unspecified atom stereocenters. The molecule has 1 aliphatic rings. The van der Waals surface area contributed by atoms with Gasteiger partial charge in [-0.05, 0) is 43.7 Å². The van der Waals surface area contributed by atoms with E-state index in [0.29, 0.717) is 23.4 Å². The predicted molar refractivity (Wildman–Crippen MR) is 131 cm³/mol. The number of ether oxygens (including phenoxy) is 1. The van der Waals surface area contributed by atoms with Crippen LogP contribution in [0.15, 0.2) is 73.6 Å². The summed E-state index contributed by atoms with van der Waals surface area (Å²) in [7, 11) is 1.61. The van der Waals surface area contributed by atoms with Crippen molar-refractivity contribution in [2.45, 2.75) is 25.9 Å². The van der Waals surface area contributed by atoms with Crippen molar-refractivity contribution in [2.75, 3.05) is 25.6 Å². The Hall–Kier alpha value is -3.69. The van der Waals surface area contributed by atoms with Crippen molar-refractivity contribution < 1.29 is 4.74 Å². The van der Waals surface area contributed by atoms with Crippen LogP contribution in [0, 0.1) is 11.3 Å². The summed E-state index contributed by atoms with van der Waals surface area (Å²) < 4.78 is 5.45. The van der Waals surface area contributed by atoms with Gasteiger partial charge in [-0.2, -0.15) is 5.26 Å². The molecule has 2 atom stereocenters. The van der Waals surface area contributed by atoms with Gasteiger partial charge in [0.25, 0.3) is 0 Å². The lowest BCUT2D eigenvalue weighted by molar-refractivity contribution is 0.206. The van der Waals surface area contributed by atoms with Crippen molar-refractivity contribution in [3.63, 3.8) is 0 Å². The molecule has 0 aliphatic carbocycles. The molecule has 1 fully saturated rings. The van der Waals surface area contributed by atoms with Crippen molar-refractivity contribution in [1.29, 1.82) is 5.26 Å². The highest BCUT2D eigenvalue weighted by Gasteiger charge is 2.23. The molecule has 32 heavy (non-hydrogen) atoms. The van der Waals surface area contributed by atoms with E-state index in [1.54, 1.807) is 13.2 Å². The van der Waals surface area contributed by atoms with Crippen LogP contribution in [0.1, 0.15) is 25.0 Å². The number of piperazine rings is 1. The molecule has 0 amide bonds. The van der Waals surface area contributed by atoms with E-state index < -0.39 is 0 Å². The van der Waals surface area contributed by atoms with Gasteiger partial charge in [-0.3, -0.25) is 10.9 Å². The molecule has 6 heteroatoms. The fourth-order valence-corrected chi connectivity index (χ4v) is 3.98. The van der Waals surface area contributed by atoms with E-state index >= 15 is 0 Å². The zero-order chi connectivity index (χ0) is 23.1. The Morgan fingerprint density at radius 1 is 1.19 bits per heavy atom. The van der Waals surface area contributed by atoms with E-state index in [2.05, 4.69) is 54.1 Å². The van der Waals surface area contributed by atoms with Gasteiger partial charge in [0.1, 0.15) is 11.6 Å². The number of rotatable bonds is 8. The highest BCUT2D eigenvalue weighted by atomic mass is 16.5. The first-order chi connectivity index (χ1) is 15.5. The number of methoxy groups -OCH3 is 1. The summed E-state index contributed by atoms with van der Waals surface area (Å²) in [5, 5.41) is 12.7. The maximum Gasteiger partial charge on any atom is 0.121 e. The molecule has 166 valence electrons. The number of nitrogens with zero attached hydrogens (tertiary/aromatic N) is 2. The van der Waals surface area contributed by atoms with Gasteiger partial charge in [0.05, 0.1) is 24.4 Å². The first kappa shape index (κ1) is 23.0. The summed E-state index contributed by atoms with van der Waals surface area (Å²) in [4.78, 5) is 2.30. The first-order valence-electron chi connectivity index (χ1n) is 10.7. The quantitative estimate of drug-likeness (QED) is 0.327. The molecule has 0 spiro atoms.